The Labute approximate surface area is 258 Å². The molecule has 0 amide bonds. The van der Waals surface area contributed by atoms with Gasteiger partial charge in [0.2, 0.25) is 0 Å². The van der Waals surface area contributed by atoms with Crippen molar-refractivity contribution in [2.24, 2.45) is 0 Å². The van der Waals surface area contributed by atoms with E-state index < -0.39 is 25.7 Å². The van der Waals surface area contributed by atoms with Gasteiger partial charge in [-0.25, -0.2) is 14.6 Å². The highest BCUT2D eigenvalue weighted by Crippen LogP contribution is 2.40. The molecule has 0 spiro atoms. The Balaban J connectivity index is 2.00. The lowest BCUT2D eigenvalue weighted by Gasteiger charge is -2.21. The highest BCUT2D eigenvalue weighted by atomic mass is 28.3. The first-order valence-corrected chi connectivity index (χ1v) is 18.1. The minimum atomic E-state index is -1.35. The summed E-state index contributed by atoms with van der Waals surface area (Å²) in [4.78, 5) is 31.1. The Kier molecular flexibility index (Phi) is 9.37. The third-order valence-corrected chi connectivity index (χ3v) is 8.71. The zero-order valence-electron chi connectivity index (χ0n) is 26.9. The highest BCUT2D eigenvalue weighted by molar-refractivity contribution is 6.76. The molecule has 0 saturated heterocycles. The van der Waals surface area contributed by atoms with E-state index in [0.717, 1.165) is 17.1 Å². The molecule has 2 aromatic heterocycles. The largest absolute Gasteiger partial charge is 0.496 e. The maximum absolute atomic E-state index is 13.2. The Morgan fingerprint density at radius 2 is 1.84 bits per heavy atom. The van der Waals surface area contributed by atoms with Crippen LogP contribution >= 0.6 is 0 Å². The molecule has 0 aliphatic heterocycles. The first kappa shape index (κ1) is 32.5. The van der Waals surface area contributed by atoms with Crippen LogP contribution in [0.5, 0.6) is 5.75 Å². The maximum atomic E-state index is 13.2. The standard InChI is InChI=1S/C33H40N4O6Si/c1-21-16-27(40-5)29(23-12-13-36(30(21)23)32(39)43-33(2,3)4)24(18-28(38)41-6)31-35-25-17-22(19-34)10-11-26(25)37(31)20-42-14-15-44(7,8)9/h10-13,16-18H,14-15,20H2,1-9H3/b24-18+. The number of imidazole rings is 1. The first-order chi connectivity index (χ1) is 20.7. The number of carbonyl (C=O) groups excluding carboxylic acids is 2. The average Bonchev–Trinajstić information content (AvgIpc) is 3.55. The van der Waals surface area contributed by atoms with Crippen LogP contribution in [-0.2, 0) is 25.7 Å². The Morgan fingerprint density at radius 3 is 2.45 bits per heavy atom. The molecule has 11 heteroatoms. The van der Waals surface area contributed by atoms with Crippen molar-refractivity contribution in [3.05, 3.63) is 65.1 Å². The van der Waals surface area contributed by atoms with Gasteiger partial charge in [-0.15, -0.1) is 0 Å². The number of methoxy groups -OCH3 is 2. The van der Waals surface area contributed by atoms with Gasteiger partial charge in [0.25, 0.3) is 0 Å². The molecule has 0 saturated carbocycles. The summed E-state index contributed by atoms with van der Waals surface area (Å²) in [5.41, 5.74) is 3.38. The minimum Gasteiger partial charge on any atom is -0.496 e. The van der Waals surface area contributed by atoms with Crippen molar-refractivity contribution in [1.82, 2.24) is 14.1 Å². The number of aromatic nitrogens is 3. The van der Waals surface area contributed by atoms with Crippen molar-refractivity contribution in [3.63, 3.8) is 0 Å². The summed E-state index contributed by atoms with van der Waals surface area (Å²) in [7, 11) is 1.51. The van der Waals surface area contributed by atoms with Crippen LogP contribution in [0.3, 0.4) is 0 Å². The summed E-state index contributed by atoms with van der Waals surface area (Å²) < 4.78 is 26.1. The summed E-state index contributed by atoms with van der Waals surface area (Å²) in [6.07, 6.45) is 2.48. The topological polar surface area (TPSA) is 118 Å². The van der Waals surface area contributed by atoms with E-state index in [-0.39, 0.29) is 6.73 Å². The van der Waals surface area contributed by atoms with Crippen LogP contribution in [0.2, 0.25) is 25.7 Å². The van der Waals surface area contributed by atoms with Crippen molar-refractivity contribution >= 4 is 47.6 Å². The maximum Gasteiger partial charge on any atom is 0.419 e. The van der Waals surface area contributed by atoms with Gasteiger partial charge in [-0.1, -0.05) is 19.6 Å². The summed E-state index contributed by atoms with van der Waals surface area (Å²) in [6, 6.07) is 12.0. The zero-order chi connectivity index (χ0) is 32.4. The molecule has 232 valence electrons. The fourth-order valence-electron chi connectivity index (χ4n) is 4.90. The van der Waals surface area contributed by atoms with Crippen molar-refractivity contribution in [2.45, 2.75) is 65.7 Å². The average molecular weight is 617 g/mol. The van der Waals surface area contributed by atoms with Gasteiger partial charge in [-0.2, -0.15) is 5.26 Å². The number of ether oxygens (including phenoxy) is 4. The van der Waals surface area contributed by atoms with Crippen molar-refractivity contribution in [3.8, 4) is 11.8 Å². The zero-order valence-corrected chi connectivity index (χ0v) is 27.9. The van der Waals surface area contributed by atoms with Gasteiger partial charge in [0.05, 0.1) is 42.4 Å². The SMILES string of the molecule is COC(=O)/C=C(\c1c(OC)cc(C)c2c1ccn2C(=O)OC(C)(C)C)c1nc2cc(C#N)ccc2n1COCC[Si](C)(C)C. The monoisotopic (exact) mass is 616 g/mol. The van der Waals surface area contributed by atoms with E-state index in [1.165, 1.54) is 17.8 Å². The summed E-state index contributed by atoms with van der Waals surface area (Å²) in [5, 5.41) is 10.2. The summed E-state index contributed by atoms with van der Waals surface area (Å²) >= 11 is 0. The molecular weight excluding hydrogens is 576 g/mol. The lowest BCUT2D eigenvalue weighted by molar-refractivity contribution is -0.134. The van der Waals surface area contributed by atoms with Crippen LogP contribution in [0, 0.1) is 18.3 Å². The molecule has 2 aromatic carbocycles. The van der Waals surface area contributed by atoms with Crippen LogP contribution in [-0.4, -0.2) is 60.7 Å². The number of carbonyl (C=O) groups is 2. The number of benzene rings is 2. The van der Waals surface area contributed by atoms with Gasteiger partial charge in [0, 0.05) is 43.5 Å². The van der Waals surface area contributed by atoms with Gasteiger partial charge < -0.3 is 18.9 Å². The minimum absolute atomic E-state index is 0.164. The molecule has 0 radical (unpaired) electrons. The Bertz CT molecular complexity index is 1800. The number of aryl methyl sites for hydroxylation is 1. The molecule has 10 nitrogen and oxygen atoms in total. The third-order valence-electron chi connectivity index (χ3n) is 7.00. The number of hydrogen-bond acceptors (Lipinski definition) is 8. The predicted octanol–water partition coefficient (Wildman–Crippen LogP) is 6.88. The number of nitrogens with zero attached hydrogens (tertiary/aromatic N) is 4. The van der Waals surface area contributed by atoms with Gasteiger partial charge in [0.1, 0.15) is 23.9 Å². The fraction of sp³-hybridized carbons (Fsp3) is 0.394. The number of fused-ring (bicyclic) bond motifs is 2. The van der Waals surface area contributed by atoms with Crippen LogP contribution < -0.4 is 4.74 Å². The quantitative estimate of drug-likeness (QED) is 0.0865. The van der Waals surface area contributed by atoms with Gasteiger partial charge in [-0.05, 0) is 69.6 Å². The molecule has 0 bridgehead atoms. The predicted molar refractivity (Wildman–Crippen MR) is 173 cm³/mol. The second-order valence-electron chi connectivity index (χ2n) is 12.8. The molecule has 4 aromatic rings. The molecular formula is C33H40N4O6Si. The summed E-state index contributed by atoms with van der Waals surface area (Å²) in [6.45, 7) is 14.9. The normalized spacial score (nSPS) is 12.4. The molecule has 4 rings (SSSR count). The van der Waals surface area contributed by atoms with Crippen LogP contribution in [0.25, 0.3) is 27.5 Å². The summed E-state index contributed by atoms with van der Waals surface area (Å²) in [5.74, 6) is 0.295. The number of esters is 1. The number of rotatable bonds is 9. The van der Waals surface area contributed by atoms with Crippen LogP contribution in [0.4, 0.5) is 4.79 Å². The first-order valence-electron chi connectivity index (χ1n) is 14.4. The van der Waals surface area contributed by atoms with E-state index in [9.17, 15) is 14.9 Å². The molecule has 44 heavy (non-hydrogen) atoms. The van der Waals surface area contributed by atoms with E-state index in [0.29, 0.717) is 51.3 Å². The van der Waals surface area contributed by atoms with Crippen molar-refractivity contribution in [2.75, 3.05) is 20.8 Å². The molecule has 0 fully saturated rings. The molecule has 0 N–H and O–H groups in total. The van der Waals surface area contributed by atoms with Crippen LogP contribution in [0.1, 0.15) is 43.3 Å². The Hall–Kier alpha value is -4.40. The van der Waals surface area contributed by atoms with Crippen LogP contribution in [0.15, 0.2) is 42.6 Å². The lowest BCUT2D eigenvalue weighted by atomic mass is 9.97. The molecule has 0 aliphatic carbocycles. The number of nitriles is 1. The van der Waals surface area contributed by atoms with E-state index in [2.05, 4.69) is 25.7 Å². The fourth-order valence-corrected chi connectivity index (χ4v) is 5.66. The lowest BCUT2D eigenvalue weighted by Crippen LogP contribution is -2.26. The van der Waals surface area contributed by atoms with Gasteiger partial charge in [-0.3, -0.25) is 9.13 Å². The van der Waals surface area contributed by atoms with E-state index >= 15 is 0 Å². The Morgan fingerprint density at radius 1 is 1.11 bits per heavy atom. The van der Waals surface area contributed by atoms with E-state index in [4.69, 9.17) is 23.9 Å². The second-order valence-corrected chi connectivity index (χ2v) is 18.4. The van der Waals surface area contributed by atoms with E-state index in [1.54, 1.807) is 31.5 Å². The highest BCUT2D eigenvalue weighted by Gasteiger charge is 2.27. The van der Waals surface area contributed by atoms with Gasteiger partial charge in [0.15, 0.2) is 0 Å². The molecule has 2 heterocycles. The van der Waals surface area contributed by atoms with Crippen molar-refractivity contribution in [1.29, 1.82) is 5.26 Å². The smallest absolute Gasteiger partial charge is 0.419 e. The van der Waals surface area contributed by atoms with Crippen molar-refractivity contribution < 1.29 is 28.5 Å². The molecule has 0 aliphatic rings. The third kappa shape index (κ3) is 7.04. The van der Waals surface area contributed by atoms with E-state index in [1.807, 2.05) is 44.4 Å². The molecule has 0 unspecified atom stereocenters. The molecule has 0 atom stereocenters. The second kappa shape index (κ2) is 12.7. The van der Waals surface area contributed by atoms with Gasteiger partial charge >= 0.3 is 12.1 Å². The number of hydrogen-bond donors (Lipinski definition) is 0.